The lowest BCUT2D eigenvalue weighted by Crippen LogP contribution is -2.27. The van der Waals surface area contributed by atoms with Crippen molar-refractivity contribution in [3.05, 3.63) is 65.7 Å². The molecule has 0 radical (unpaired) electrons. The molecule has 1 aliphatic heterocycles. The summed E-state index contributed by atoms with van der Waals surface area (Å²) in [6.45, 7) is 3.77. The molecule has 1 N–H and O–H groups in total. The zero-order valence-electron chi connectivity index (χ0n) is 15.3. The average molecular weight is 350 g/mol. The van der Waals surface area contributed by atoms with Gasteiger partial charge in [-0.1, -0.05) is 43.7 Å². The first-order valence-corrected chi connectivity index (χ1v) is 9.44. The van der Waals surface area contributed by atoms with E-state index in [0.717, 1.165) is 50.0 Å². The minimum atomic E-state index is -0.160. The highest BCUT2D eigenvalue weighted by Crippen LogP contribution is 2.23. The molecule has 1 saturated heterocycles. The predicted molar refractivity (Wildman–Crippen MR) is 104 cm³/mol. The Hall–Kier alpha value is -2.62. The Labute approximate surface area is 155 Å². The van der Waals surface area contributed by atoms with Gasteiger partial charge in [0.25, 0.3) is 5.91 Å². The molecule has 1 atom stereocenters. The van der Waals surface area contributed by atoms with Crippen molar-refractivity contribution in [2.24, 2.45) is 0 Å². The first-order chi connectivity index (χ1) is 12.7. The van der Waals surface area contributed by atoms with Gasteiger partial charge in [-0.2, -0.15) is 0 Å². The summed E-state index contributed by atoms with van der Waals surface area (Å²) in [5, 5.41) is 3.00. The number of rotatable bonds is 6. The molecule has 2 aromatic carbocycles. The monoisotopic (exact) mass is 350 g/mol. The number of carbonyl (C=O) groups is 2. The van der Waals surface area contributed by atoms with Gasteiger partial charge in [-0.25, -0.2) is 0 Å². The number of nitrogens with one attached hydrogen (secondary N) is 1. The van der Waals surface area contributed by atoms with Gasteiger partial charge in [0.2, 0.25) is 5.91 Å². The lowest BCUT2D eigenvalue weighted by Gasteiger charge is -2.17. The van der Waals surface area contributed by atoms with Crippen LogP contribution in [0.1, 0.15) is 54.4 Å². The number of amides is 2. The number of nitrogens with zero attached hydrogens (tertiary/aromatic N) is 1. The lowest BCUT2D eigenvalue weighted by molar-refractivity contribution is -0.117. The molecule has 0 spiro atoms. The highest BCUT2D eigenvalue weighted by molar-refractivity contribution is 5.97. The maximum Gasteiger partial charge on any atom is 0.253 e. The SMILES string of the molecule is CCC[C@H](C(=O)Nc1ccc(C(=O)N2CCCC2)cc1)c1ccccc1. The minimum absolute atomic E-state index is 0.00308. The Morgan fingerprint density at radius 3 is 2.27 bits per heavy atom. The summed E-state index contributed by atoms with van der Waals surface area (Å²) in [5.41, 5.74) is 2.44. The summed E-state index contributed by atoms with van der Waals surface area (Å²) < 4.78 is 0. The van der Waals surface area contributed by atoms with Gasteiger partial charge in [0.1, 0.15) is 0 Å². The molecular formula is C22H26N2O2. The second-order valence-corrected chi connectivity index (χ2v) is 6.82. The highest BCUT2D eigenvalue weighted by Gasteiger charge is 2.21. The van der Waals surface area contributed by atoms with Crippen LogP contribution in [0.25, 0.3) is 0 Å². The molecule has 2 amide bonds. The number of benzene rings is 2. The summed E-state index contributed by atoms with van der Waals surface area (Å²) in [5.74, 6) is -0.0858. The number of carbonyl (C=O) groups excluding carboxylic acids is 2. The van der Waals surface area contributed by atoms with Gasteiger partial charge in [-0.05, 0) is 49.1 Å². The van der Waals surface area contributed by atoms with E-state index in [-0.39, 0.29) is 17.7 Å². The molecule has 0 bridgehead atoms. The van der Waals surface area contributed by atoms with E-state index in [9.17, 15) is 9.59 Å². The van der Waals surface area contributed by atoms with Crippen molar-refractivity contribution in [1.82, 2.24) is 4.90 Å². The fraction of sp³-hybridized carbons (Fsp3) is 0.364. The first-order valence-electron chi connectivity index (χ1n) is 9.44. The van der Waals surface area contributed by atoms with E-state index in [0.29, 0.717) is 5.56 Å². The standard InChI is InChI=1S/C22H26N2O2/c1-2-8-20(17-9-4-3-5-10-17)21(25)23-19-13-11-18(12-14-19)22(26)24-15-6-7-16-24/h3-5,9-14,20H,2,6-8,15-16H2,1H3,(H,23,25)/t20-/m0/s1. The largest absolute Gasteiger partial charge is 0.339 e. The number of hydrogen-bond donors (Lipinski definition) is 1. The summed E-state index contributed by atoms with van der Waals surface area (Å²) in [6, 6.07) is 17.1. The summed E-state index contributed by atoms with van der Waals surface area (Å²) >= 11 is 0. The molecule has 4 heteroatoms. The van der Waals surface area contributed by atoms with Crippen molar-refractivity contribution in [2.45, 2.75) is 38.5 Å². The van der Waals surface area contributed by atoms with Crippen molar-refractivity contribution in [3.8, 4) is 0 Å². The second kappa shape index (κ2) is 8.65. The number of anilines is 1. The maximum atomic E-state index is 12.7. The summed E-state index contributed by atoms with van der Waals surface area (Å²) in [7, 11) is 0. The molecule has 4 nitrogen and oxygen atoms in total. The quantitative estimate of drug-likeness (QED) is 0.837. The Kier molecular flexibility index (Phi) is 6.05. The van der Waals surface area contributed by atoms with Crippen LogP contribution in [0, 0.1) is 0 Å². The molecule has 0 aromatic heterocycles. The zero-order chi connectivity index (χ0) is 18.4. The first kappa shape index (κ1) is 18.2. The Balaban J connectivity index is 1.67. The van der Waals surface area contributed by atoms with Gasteiger partial charge < -0.3 is 10.2 Å². The van der Waals surface area contributed by atoms with Crippen LogP contribution in [-0.2, 0) is 4.79 Å². The molecule has 1 aliphatic rings. The molecule has 0 unspecified atom stereocenters. The second-order valence-electron chi connectivity index (χ2n) is 6.82. The van der Waals surface area contributed by atoms with E-state index in [1.807, 2.05) is 47.4 Å². The number of hydrogen-bond acceptors (Lipinski definition) is 2. The average Bonchev–Trinajstić information content (AvgIpc) is 3.21. The third-order valence-electron chi connectivity index (χ3n) is 4.89. The van der Waals surface area contributed by atoms with Crippen molar-refractivity contribution in [1.29, 1.82) is 0 Å². The molecule has 0 aliphatic carbocycles. The van der Waals surface area contributed by atoms with Crippen LogP contribution >= 0.6 is 0 Å². The van der Waals surface area contributed by atoms with Crippen LogP contribution in [0.4, 0.5) is 5.69 Å². The van der Waals surface area contributed by atoms with Crippen molar-refractivity contribution >= 4 is 17.5 Å². The van der Waals surface area contributed by atoms with Gasteiger partial charge in [0.15, 0.2) is 0 Å². The third kappa shape index (κ3) is 4.31. The Bertz CT molecular complexity index is 734. The van der Waals surface area contributed by atoms with Crippen molar-refractivity contribution in [2.75, 3.05) is 18.4 Å². The molecule has 1 heterocycles. The molecule has 3 rings (SSSR count). The van der Waals surface area contributed by atoms with E-state index < -0.39 is 0 Å². The van der Waals surface area contributed by atoms with E-state index in [4.69, 9.17) is 0 Å². The molecular weight excluding hydrogens is 324 g/mol. The fourth-order valence-corrected chi connectivity index (χ4v) is 3.45. The molecule has 1 fully saturated rings. The van der Waals surface area contributed by atoms with Crippen molar-refractivity contribution < 1.29 is 9.59 Å². The fourth-order valence-electron chi connectivity index (χ4n) is 3.45. The maximum absolute atomic E-state index is 12.7. The highest BCUT2D eigenvalue weighted by atomic mass is 16.2. The lowest BCUT2D eigenvalue weighted by atomic mass is 9.93. The molecule has 0 saturated carbocycles. The van der Waals surface area contributed by atoms with Crippen LogP contribution in [-0.4, -0.2) is 29.8 Å². The van der Waals surface area contributed by atoms with Gasteiger partial charge in [0, 0.05) is 24.3 Å². The molecule has 26 heavy (non-hydrogen) atoms. The van der Waals surface area contributed by atoms with Crippen molar-refractivity contribution in [3.63, 3.8) is 0 Å². The van der Waals surface area contributed by atoms with Gasteiger partial charge in [-0.15, -0.1) is 0 Å². The van der Waals surface area contributed by atoms with Crippen LogP contribution in [0.2, 0.25) is 0 Å². The third-order valence-corrected chi connectivity index (χ3v) is 4.89. The van der Waals surface area contributed by atoms with Gasteiger partial charge in [-0.3, -0.25) is 9.59 Å². The van der Waals surface area contributed by atoms with Crippen LogP contribution in [0.3, 0.4) is 0 Å². The Morgan fingerprint density at radius 1 is 1.00 bits per heavy atom. The van der Waals surface area contributed by atoms with Crippen LogP contribution in [0.5, 0.6) is 0 Å². The van der Waals surface area contributed by atoms with E-state index in [1.165, 1.54) is 0 Å². The van der Waals surface area contributed by atoms with E-state index in [1.54, 1.807) is 12.1 Å². The normalized spacial score (nSPS) is 14.9. The van der Waals surface area contributed by atoms with Crippen LogP contribution in [0.15, 0.2) is 54.6 Å². The Morgan fingerprint density at radius 2 is 1.65 bits per heavy atom. The minimum Gasteiger partial charge on any atom is -0.339 e. The zero-order valence-corrected chi connectivity index (χ0v) is 15.3. The summed E-state index contributed by atoms with van der Waals surface area (Å²) in [4.78, 5) is 27.0. The van der Waals surface area contributed by atoms with Gasteiger partial charge in [0.05, 0.1) is 5.92 Å². The molecule has 136 valence electrons. The van der Waals surface area contributed by atoms with Crippen LogP contribution < -0.4 is 5.32 Å². The molecule has 2 aromatic rings. The smallest absolute Gasteiger partial charge is 0.253 e. The summed E-state index contributed by atoms with van der Waals surface area (Å²) in [6.07, 6.45) is 3.91. The topological polar surface area (TPSA) is 49.4 Å². The number of likely N-dealkylation sites (tertiary alicyclic amines) is 1. The van der Waals surface area contributed by atoms with Gasteiger partial charge >= 0.3 is 0 Å². The van der Waals surface area contributed by atoms with E-state index in [2.05, 4.69) is 12.2 Å². The predicted octanol–water partition coefficient (Wildman–Crippen LogP) is 4.45. The van der Waals surface area contributed by atoms with E-state index >= 15 is 0 Å².